The number of ether oxygens (including phenoxy) is 1. The summed E-state index contributed by atoms with van der Waals surface area (Å²) in [7, 11) is -2.07. The van der Waals surface area contributed by atoms with Crippen molar-refractivity contribution in [1.82, 2.24) is 0 Å². The van der Waals surface area contributed by atoms with Crippen LogP contribution in [-0.4, -0.2) is 15.3 Å². The lowest BCUT2D eigenvalue weighted by Gasteiger charge is -2.19. The first kappa shape index (κ1) is 20.0. The van der Waals surface area contributed by atoms with Gasteiger partial charge in [0.2, 0.25) is 14.1 Å². The Morgan fingerprint density at radius 3 is 1.85 bits per heavy atom. The van der Waals surface area contributed by atoms with E-state index >= 15 is 0 Å². The predicted octanol–water partition coefficient (Wildman–Crippen LogP) is 5.20. The Morgan fingerprint density at radius 1 is 0.846 bits per heavy atom. The van der Waals surface area contributed by atoms with Gasteiger partial charge in [0.15, 0.2) is 23.3 Å². The highest BCUT2D eigenvalue weighted by molar-refractivity contribution is 6.88. The Hall–Kier alpha value is -2.29. The smallest absolute Gasteiger partial charge is 0.240 e. The van der Waals surface area contributed by atoms with Crippen molar-refractivity contribution < 1.29 is 26.7 Å². The lowest BCUT2D eigenvalue weighted by Crippen LogP contribution is -2.45. The molecule has 0 amide bonds. The Balaban J connectivity index is 2.59. The predicted molar refractivity (Wildman–Crippen MR) is 90.3 cm³/mol. The zero-order chi connectivity index (χ0) is 19.8. The van der Waals surface area contributed by atoms with Gasteiger partial charge in [-0.25, -0.2) is 26.7 Å². The van der Waals surface area contributed by atoms with Crippen molar-refractivity contribution in [2.75, 3.05) is 7.11 Å². The average Bonchev–Trinajstić information content (AvgIpc) is 2.56. The summed E-state index contributed by atoms with van der Waals surface area (Å²) in [5, 5.41) is 3.08. The molecule has 2 aromatic rings. The molecule has 3 nitrogen and oxygen atoms in total. The Bertz CT molecular complexity index is 870. The highest BCUT2D eigenvalue weighted by Gasteiger charge is 2.37. The monoisotopic (exact) mass is 388 g/mol. The number of hydrogen-bond acceptors (Lipinski definition) is 3. The maximum Gasteiger partial charge on any atom is 0.240 e. The number of benzene rings is 2. The van der Waals surface area contributed by atoms with Gasteiger partial charge in [-0.3, -0.25) is 0 Å². The van der Waals surface area contributed by atoms with Gasteiger partial charge < -0.3 is 4.74 Å². The minimum Gasteiger partial charge on any atom is -0.494 e. The van der Waals surface area contributed by atoms with Crippen molar-refractivity contribution >= 4 is 19.1 Å². The summed E-state index contributed by atoms with van der Waals surface area (Å²) in [4.78, 5) is 0. The normalized spacial score (nSPS) is 12.1. The molecule has 0 radical (unpaired) electrons. The van der Waals surface area contributed by atoms with E-state index in [2.05, 4.69) is 9.89 Å². The highest BCUT2D eigenvalue weighted by Crippen LogP contribution is 2.33. The zero-order valence-corrected chi connectivity index (χ0v) is 15.8. The number of nitrogens with zero attached hydrogens (tertiary/aromatic N) is 2. The van der Waals surface area contributed by atoms with Crippen LogP contribution >= 0.6 is 0 Å². The molecule has 0 fully saturated rings. The topological polar surface area (TPSA) is 34.0 Å². The van der Waals surface area contributed by atoms with Crippen molar-refractivity contribution in [2.24, 2.45) is 9.89 Å². The van der Waals surface area contributed by atoms with Gasteiger partial charge in [0.05, 0.1) is 7.11 Å². The molecule has 0 aliphatic heterocycles. The highest BCUT2D eigenvalue weighted by atomic mass is 28.3. The van der Waals surface area contributed by atoms with Gasteiger partial charge in [-0.2, -0.15) is 5.11 Å². The molecule has 0 aliphatic carbocycles. The first-order valence-corrected chi connectivity index (χ1v) is 10.6. The number of rotatable bonds is 4. The van der Waals surface area contributed by atoms with Crippen molar-refractivity contribution in [3.8, 4) is 5.75 Å². The second-order valence-electron chi connectivity index (χ2n) is 6.34. The maximum atomic E-state index is 14.1. The van der Waals surface area contributed by atoms with Gasteiger partial charge >= 0.3 is 0 Å². The summed E-state index contributed by atoms with van der Waals surface area (Å²) in [5.41, 5.74) is 1.94. The van der Waals surface area contributed by atoms with Crippen LogP contribution in [0.15, 0.2) is 22.0 Å². The molecule has 2 rings (SSSR count). The van der Waals surface area contributed by atoms with E-state index in [1.807, 2.05) is 13.0 Å². The molecular formula is C17H17F5N2OSi. The summed E-state index contributed by atoms with van der Waals surface area (Å²) in [6.07, 6.45) is 0. The molecule has 0 spiro atoms. The van der Waals surface area contributed by atoms with Crippen LogP contribution in [-0.2, 0) is 0 Å². The quantitative estimate of drug-likeness (QED) is 0.233. The van der Waals surface area contributed by atoms with Crippen LogP contribution in [0.4, 0.5) is 27.6 Å². The molecule has 26 heavy (non-hydrogen) atoms. The number of halogens is 5. The first-order chi connectivity index (χ1) is 12.0. The Labute approximate surface area is 148 Å². The summed E-state index contributed by atoms with van der Waals surface area (Å²) in [5.74, 6) is -9.49. The molecule has 0 atom stereocenters. The van der Waals surface area contributed by atoms with E-state index in [0.29, 0.717) is 11.4 Å². The molecule has 0 heterocycles. The Morgan fingerprint density at radius 2 is 1.35 bits per heavy atom. The second kappa shape index (κ2) is 7.14. The largest absolute Gasteiger partial charge is 0.494 e. The van der Waals surface area contributed by atoms with Crippen LogP contribution in [0.5, 0.6) is 5.75 Å². The summed E-state index contributed by atoms with van der Waals surface area (Å²) in [6, 6.07) is 3.50. The van der Waals surface area contributed by atoms with Crippen LogP contribution in [0.2, 0.25) is 13.1 Å². The van der Waals surface area contributed by atoms with Gasteiger partial charge in [0, 0.05) is 5.19 Å². The minimum atomic E-state index is -3.50. The molecule has 0 unspecified atom stereocenters. The van der Waals surface area contributed by atoms with E-state index in [4.69, 9.17) is 4.74 Å². The summed E-state index contributed by atoms with van der Waals surface area (Å²) < 4.78 is 77.6. The van der Waals surface area contributed by atoms with E-state index < -0.39 is 42.5 Å². The van der Waals surface area contributed by atoms with Gasteiger partial charge in [-0.15, -0.1) is 0 Å². The van der Waals surface area contributed by atoms with Gasteiger partial charge in [0.1, 0.15) is 11.4 Å². The van der Waals surface area contributed by atoms with Crippen LogP contribution in [0.25, 0.3) is 0 Å². The summed E-state index contributed by atoms with van der Waals surface area (Å²) in [6.45, 7) is 6.28. The van der Waals surface area contributed by atoms with Crippen LogP contribution in [0, 0.1) is 42.9 Å². The fraction of sp³-hybridized carbons (Fsp3) is 0.294. The van der Waals surface area contributed by atoms with Crippen molar-refractivity contribution in [2.45, 2.75) is 26.9 Å². The lowest BCUT2D eigenvalue weighted by molar-refractivity contribution is 0.383. The van der Waals surface area contributed by atoms with E-state index in [9.17, 15) is 22.0 Å². The molecule has 0 bridgehead atoms. The Kier molecular flexibility index (Phi) is 5.50. The fourth-order valence-electron chi connectivity index (χ4n) is 2.64. The third-order valence-electron chi connectivity index (χ3n) is 3.83. The number of aryl methyl sites for hydroxylation is 2. The number of hydrogen-bond donors (Lipinski definition) is 0. The van der Waals surface area contributed by atoms with Crippen LogP contribution in [0.3, 0.4) is 0 Å². The van der Waals surface area contributed by atoms with E-state index in [1.165, 1.54) is 20.2 Å². The van der Waals surface area contributed by atoms with Gasteiger partial charge in [0.25, 0.3) is 0 Å². The lowest BCUT2D eigenvalue weighted by atomic mass is 10.1. The maximum absolute atomic E-state index is 14.1. The summed E-state index contributed by atoms with van der Waals surface area (Å²) >= 11 is 0. The third-order valence-corrected chi connectivity index (χ3v) is 6.10. The van der Waals surface area contributed by atoms with E-state index in [-0.39, 0.29) is 0 Å². The number of methoxy groups -OCH3 is 1. The second-order valence-corrected chi connectivity index (χ2v) is 10.2. The van der Waals surface area contributed by atoms with Crippen LogP contribution < -0.4 is 9.92 Å². The molecule has 0 saturated heterocycles. The average molecular weight is 388 g/mol. The molecular weight excluding hydrogens is 371 g/mol. The minimum absolute atomic E-state index is 0.314. The van der Waals surface area contributed by atoms with E-state index in [0.717, 1.165) is 11.1 Å². The van der Waals surface area contributed by atoms with Crippen molar-refractivity contribution in [1.29, 1.82) is 0 Å². The zero-order valence-electron chi connectivity index (χ0n) is 14.8. The van der Waals surface area contributed by atoms with Gasteiger partial charge in [-0.1, -0.05) is 6.07 Å². The molecule has 0 aromatic heterocycles. The molecule has 140 valence electrons. The fourth-order valence-corrected chi connectivity index (χ4v) is 4.39. The third kappa shape index (κ3) is 3.48. The molecule has 0 aliphatic rings. The van der Waals surface area contributed by atoms with E-state index in [1.54, 1.807) is 13.0 Å². The standard InChI is InChI=1S/C17H17F5N2OSi/c1-8-6-9(2)16(25-3)10(7-8)23-24-26(4,5)17-14(21)12(19)11(18)13(20)15(17)22/h6-7H,1-5H3. The molecule has 9 heteroatoms. The molecule has 0 N–H and O–H groups in total. The van der Waals surface area contributed by atoms with Gasteiger partial charge in [-0.05, 0) is 44.1 Å². The molecule has 2 aromatic carbocycles. The SMILES string of the molecule is COc1c(C)cc(C)cc1N=N[Si](C)(C)c1c(F)c(F)c(F)c(F)c1F. The van der Waals surface area contributed by atoms with Crippen molar-refractivity contribution in [3.63, 3.8) is 0 Å². The molecule has 0 saturated carbocycles. The first-order valence-electron chi connectivity index (χ1n) is 7.61. The van der Waals surface area contributed by atoms with Crippen LogP contribution in [0.1, 0.15) is 11.1 Å². The van der Waals surface area contributed by atoms with Crippen molar-refractivity contribution in [3.05, 3.63) is 52.3 Å².